The van der Waals surface area contributed by atoms with Crippen LogP contribution in [0.3, 0.4) is 0 Å². The van der Waals surface area contributed by atoms with Gasteiger partial charge in [0.15, 0.2) is 0 Å². The lowest BCUT2D eigenvalue weighted by Crippen LogP contribution is -2.13. The summed E-state index contributed by atoms with van der Waals surface area (Å²) >= 11 is 0. The summed E-state index contributed by atoms with van der Waals surface area (Å²) in [6, 6.07) is 9.92. The van der Waals surface area contributed by atoms with E-state index in [1.165, 1.54) is 30.3 Å². The zero-order valence-corrected chi connectivity index (χ0v) is 11.0. The summed E-state index contributed by atoms with van der Waals surface area (Å²) < 4.78 is 41.3. The third kappa shape index (κ3) is 4.68. The van der Waals surface area contributed by atoms with Crippen LogP contribution in [0.25, 0.3) is 0 Å². The first-order valence-corrected chi connectivity index (χ1v) is 6.26. The first kappa shape index (κ1) is 15.2. The van der Waals surface area contributed by atoms with Crippen LogP contribution in [0.5, 0.6) is 11.5 Å². The Hall–Kier alpha value is -2.21. The van der Waals surface area contributed by atoms with Crippen LogP contribution in [0.4, 0.5) is 13.2 Å². The van der Waals surface area contributed by atoms with Crippen LogP contribution < -0.4 is 10.1 Å². The van der Waals surface area contributed by atoms with Gasteiger partial charge in [-0.05, 0) is 35.9 Å². The summed E-state index contributed by atoms with van der Waals surface area (Å²) in [6.45, 7) is -2.10. The highest BCUT2D eigenvalue weighted by molar-refractivity contribution is 5.32. The molecule has 0 aliphatic heterocycles. The maximum Gasteiger partial charge on any atom is 0.387 e. The van der Waals surface area contributed by atoms with Crippen molar-refractivity contribution in [3.63, 3.8) is 0 Å². The Morgan fingerprint density at radius 1 is 1.05 bits per heavy atom. The Kier molecular flexibility index (Phi) is 5.05. The van der Waals surface area contributed by atoms with Gasteiger partial charge in [0.25, 0.3) is 0 Å². The van der Waals surface area contributed by atoms with Crippen molar-refractivity contribution < 1.29 is 23.0 Å². The van der Waals surface area contributed by atoms with E-state index >= 15 is 0 Å². The Morgan fingerprint density at radius 2 is 1.76 bits per heavy atom. The highest BCUT2D eigenvalue weighted by atomic mass is 19.3. The van der Waals surface area contributed by atoms with E-state index in [2.05, 4.69) is 10.1 Å². The number of ether oxygens (including phenoxy) is 1. The van der Waals surface area contributed by atoms with Crippen LogP contribution >= 0.6 is 0 Å². The number of hydrogen-bond donors (Lipinski definition) is 2. The second-order valence-corrected chi connectivity index (χ2v) is 4.40. The lowest BCUT2D eigenvalue weighted by Gasteiger charge is -2.08. The molecule has 0 aliphatic rings. The Morgan fingerprint density at radius 3 is 2.43 bits per heavy atom. The molecule has 0 atom stereocenters. The fourth-order valence-corrected chi connectivity index (χ4v) is 1.83. The smallest absolute Gasteiger partial charge is 0.387 e. The molecule has 0 amide bonds. The lowest BCUT2D eigenvalue weighted by atomic mass is 10.1. The molecule has 0 fully saturated rings. The number of aromatic hydroxyl groups is 1. The molecule has 112 valence electrons. The van der Waals surface area contributed by atoms with Crippen LogP contribution in [-0.2, 0) is 13.1 Å². The maximum atomic E-state index is 13.0. The van der Waals surface area contributed by atoms with Crippen molar-refractivity contribution in [2.45, 2.75) is 19.7 Å². The highest BCUT2D eigenvalue weighted by Gasteiger charge is 2.05. The van der Waals surface area contributed by atoms with E-state index in [1.54, 1.807) is 12.1 Å². The molecule has 3 nitrogen and oxygen atoms in total. The van der Waals surface area contributed by atoms with Crippen molar-refractivity contribution in [3.8, 4) is 11.5 Å². The SMILES string of the molecule is Oc1ccc(F)cc1CNCc1ccc(OC(F)F)cc1. The maximum absolute atomic E-state index is 13.0. The van der Waals surface area contributed by atoms with Gasteiger partial charge >= 0.3 is 6.61 Å². The molecule has 2 aromatic rings. The van der Waals surface area contributed by atoms with Gasteiger partial charge in [-0.2, -0.15) is 8.78 Å². The summed E-state index contributed by atoms with van der Waals surface area (Å²) in [4.78, 5) is 0. The van der Waals surface area contributed by atoms with Crippen molar-refractivity contribution in [1.82, 2.24) is 5.32 Å². The molecule has 0 saturated carbocycles. The van der Waals surface area contributed by atoms with E-state index in [0.29, 0.717) is 18.7 Å². The van der Waals surface area contributed by atoms with Gasteiger partial charge in [0, 0.05) is 18.7 Å². The van der Waals surface area contributed by atoms with Gasteiger partial charge in [-0.3, -0.25) is 0 Å². The molecule has 2 aromatic carbocycles. The number of rotatable bonds is 6. The first-order chi connectivity index (χ1) is 10.0. The van der Waals surface area contributed by atoms with E-state index in [0.717, 1.165) is 5.56 Å². The fraction of sp³-hybridized carbons (Fsp3) is 0.200. The minimum absolute atomic E-state index is 0.0181. The molecule has 0 radical (unpaired) electrons. The van der Waals surface area contributed by atoms with Gasteiger partial charge in [0.1, 0.15) is 17.3 Å². The number of phenolic OH excluding ortho intramolecular Hbond substituents is 1. The number of benzene rings is 2. The predicted molar refractivity (Wildman–Crippen MR) is 71.7 cm³/mol. The molecule has 0 heterocycles. The molecule has 0 aliphatic carbocycles. The van der Waals surface area contributed by atoms with Gasteiger partial charge in [-0.15, -0.1) is 0 Å². The molecule has 2 rings (SSSR count). The number of hydrogen-bond acceptors (Lipinski definition) is 3. The summed E-state index contributed by atoms with van der Waals surface area (Å²) in [5.74, 6) is -0.306. The second-order valence-electron chi connectivity index (χ2n) is 4.40. The van der Waals surface area contributed by atoms with Crippen molar-refractivity contribution in [2.24, 2.45) is 0 Å². The number of nitrogens with one attached hydrogen (secondary N) is 1. The number of halogens is 3. The van der Waals surface area contributed by atoms with Gasteiger partial charge < -0.3 is 15.2 Å². The number of phenols is 1. The normalized spacial score (nSPS) is 10.9. The summed E-state index contributed by atoms with van der Waals surface area (Å²) in [5.41, 5.74) is 1.31. The van der Waals surface area contributed by atoms with Crippen LogP contribution in [0.2, 0.25) is 0 Å². The second kappa shape index (κ2) is 6.99. The molecular weight excluding hydrogens is 283 g/mol. The quantitative estimate of drug-likeness (QED) is 0.858. The average Bonchev–Trinajstić information content (AvgIpc) is 2.44. The predicted octanol–water partition coefficient (Wildman–Crippen LogP) is 3.42. The minimum Gasteiger partial charge on any atom is -0.508 e. The zero-order chi connectivity index (χ0) is 15.2. The molecule has 0 spiro atoms. The third-order valence-corrected chi connectivity index (χ3v) is 2.83. The first-order valence-electron chi connectivity index (χ1n) is 6.26. The molecule has 6 heteroatoms. The zero-order valence-electron chi connectivity index (χ0n) is 11.0. The fourth-order valence-electron chi connectivity index (χ4n) is 1.83. The van der Waals surface area contributed by atoms with E-state index in [9.17, 15) is 18.3 Å². The third-order valence-electron chi connectivity index (χ3n) is 2.83. The summed E-state index contributed by atoms with van der Waals surface area (Å²) in [5, 5.41) is 12.6. The van der Waals surface area contributed by atoms with Crippen molar-refractivity contribution in [2.75, 3.05) is 0 Å². The Bertz CT molecular complexity index is 588. The average molecular weight is 297 g/mol. The molecule has 0 saturated heterocycles. The molecule has 0 bridgehead atoms. The minimum atomic E-state index is -2.84. The van der Waals surface area contributed by atoms with Gasteiger partial charge in [0.05, 0.1) is 0 Å². The largest absolute Gasteiger partial charge is 0.508 e. The van der Waals surface area contributed by atoms with E-state index < -0.39 is 12.4 Å². The standard InChI is InChI=1S/C15H14F3NO2/c16-12-3-6-14(20)11(7-12)9-19-8-10-1-4-13(5-2-10)21-15(17)18/h1-7,15,19-20H,8-9H2. The van der Waals surface area contributed by atoms with Crippen LogP contribution in [0.15, 0.2) is 42.5 Å². The van der Waals surface area contributed by atoms with Crippen LogP contribution in [0, 0.1) is 5.82 Å². The Labute approximate surface area is 120 Å². The van der Waals surface area contributed by atoms with Crippen LogP contribution in [0.1, 0.15) is 11.1 Å². The molecule has 0 aromatic heterocycles. The van der Waals surface area contributed by atoms with E-state index in [-0.39, 0.29) is 11.5 Å². The van der Waals surface area contributed by atoms with Gasteiger partial charge in [0.2, 0.25) is 0 Å². The monoisotopic (exact) mass is 297 g/mol. The van der Waals surface area contributed by atoms with Crippen molar-refractivity contribution in [1.29, 1.82) is 0 Å². The Balaban J connectivity index is 1.87. The van der Waals surface area contributed by atoms with Gasteiger partial charge in [-0.25, -0.2) is 4.39 Å². The summed E-state index contributed by atoms with van der Waals surface area (Å²) in [6.07, 6.45) is 0. The van der Waals surface area contributed by atoms with Crippen molar-refractivity contribution >= 4 is 0 Å². The molecular formula is C15H14F3NO2. The topological polar surface area (TPSA) is 41.5 Å². The van der Waals surface area contributed by atoms with Gasteiger partial charge in [-0.1, -0.05) is 12.1 Å². The van der Waals surface area contributed by atoms with E-state index in [1.807, 2.05) is 0 Å². The molecule has 0 unspecified atom stereocenters. The van der Waals surface area contributed by atoms with E-state index in [4.69, 9.17) is 0 Å². The van der Waals surface area contributed by atoms with Crippen molar-refractivity contribution in [3.05, 3.63) is 59.4 Å². The highest BCUT2D eigenvalue weighted by Crippen LogP contribution is 2.18. The molecule has 21 heavy (non-hydrogen) atoms. The number of alkyl halides is 2. The van der Waals surface area contributed by atoms with Crippen LogP contribution in [-0.4, -0.2) is 11.7 Å². The summed E-state index contributed by atoms with van der Waals surface area (Å²) in [7, 11) is 0. The lowest BCUT2D eigenvalue weighted by molar-refractivity contribution is -0.0498. The molecule has 2 N–H and O–H groups in total.